The molecule has 1 aromatic heterocycles. The molecular formula is C17H19FN4O2. The van der Waals surface area contributed by atoms with Crippen LogP contribution in [-0.4, -0.2) is 42.2 Å². The predicted molar refractivity (Wildman–Crippen MR) is 88.9 cm³/mol. The predicted octanol–water partition coefficient (Wildman–Crippen LogP) is 2.32. The quantitative estimate of drug-likeness (QED) is 0.935. The van der Waals surface area contributed by atoms with E-state index in [1.54, 1.807) is 26.0 Å². The summed E-state index contributed by atoms with van der Waals surface area (Å²) in [7, 11) is 0. The number of morpholine rings is 1. The maximum atomic E-state index is 13.6. The number of nitrogens with one attached hydrogen (secondary N) is 1. The zero-order valence-corrected chi connectivity index (χ0v) is 13.7. The van der Waals surface area contributed by atoms with Gasteiger partial charge >= 0.3 is 0 Å². The minimum atomic E-state index is -0.358. The second kappa shape index (κ2) is 6.92. The Kier molecular flexibility index (Phi) is 4.71. The van der Waals surface area contributed by atoms with Gasteiger partial charge in [-0.05, 0) is 31.5 Å². The summed E-state index contributed by atoms with van der Waals surface area (Å²) in [5, 5.41) is 2.67. The van der Waals surface area contributed by atoms with Crippen LogP contribution in [0.1, 0.15) is 21.6 Å². The van der Waals surface area contributed by atoms with Crippen LogP contribution in [0.5, 0.6) is 0 Å². The maximum Gasteiger partial charge on any atom is 0.259 e. The molecule has 1 N–H and O–H groups in total. The summed E-state index contributed by atoms with van der Waals surface area (Å²) in [6, 6.07) is 4.58. The first-order valence-corrected chi connectivity index (χ1v) is 7.78. The second-order valence-electron chi connectivity index (χ2n) is 5.69. The van der Waals surface area contributed by atoms with Crippen LogP contribution in [0.15, 0.2) is 24.4 Å². The van der Waals surface area contributed by atoms with Crippen molar-refractivity contribution in [2.75, 3.05) is 36.5 Å². The molecule has 2 aromatic rings. The van der Waals surface area contributed by atoms with Crippen molar-refractivity contribution < 1.29 is 13.9 Å². The Balaban J connectivity index is 1.75. The molecule has 0 aliphatic carbocycles. The number of rotatable bonds is 3. The van der Waals surface area contributed by atoms with Crippen LogP contribution < -0.4 is 10.2 Å². The van der Waals surface area contributed by atoms with E-state index in [9.17, 15) is 9.18 Å². The number of carbonyl (C=O) groups is 1. The summed E-state index contributed by atoms with van der Waals surface area (Å²) < 4.78 is 18.9. The van der Waals surface area contributed by atoms with Gasteiger partial charge in [0, 0.05) is 25.0 Å². The van der Waals surface area contributed by atoms with E-state index in [-0.39, 0.29) is 11.7 Å². The summed E-state index contributed by atoms with van der Waals surface area (Å²) in [5.41, 5.74) is 1.88. The van der Waals surface area contributed by atoms with Crippen molar-refractivity contribution in [2.45, 2.75) is 13.8 Å². The van der Waals surface area contributed by atoms with E-state index in [2.05, 4.69) is 15.3 Å². The Labute approximate surface area is 139 Å². The van der Waals surface area contributed by atoms with Crippen LogP contribution in [0, 0.1) is 19.7 Å². The number of nitrogens with zero attached hydrogens (tertiary/aromatic N) is 3. The average Bonchev–Trinajstić information content (AvgIpc) is 2.59. The van der Waals surface area contributed by atoms with Crippen LogP contribution in [0.25, 0.3) is 0 Å². The summed E-state index contributed by atoms with van der Waals surface area (Å²) in [6.45, 7) is 6.17. The van der Waals surface area contributed by atoms with Crippen molar-refractivity contribution in [1.82, 2.24) is 9.97 Å². The summed E-state index contributed by atoms with van der Waals surface area (Å²) in [5.74, 6) is -0.124. The number of anilines is 2. The fraction of sp³-hybridized carbons (Fsp3) is 0.353. The Morgan fingerprint density at radius 3 is 2.71 bits per heavy atom. The lowest BCUT2D eigenvalue weighted by molar-refractivity contribution is 0.102. The molecule has 126 valence electrons. The van der Waals surface area contributed by atoms with E-state index in [1.165, 1.54) is 12.3 Å². The highest BCUT2D eigenvalue weighted by Gasteiger charge is 2.17. The molecule has 1 fully saturated rings. The smallest absolute Gasteiger partial charge is 0.259 e. The molecule has 1 aliphatic heterocycles. The number of halogens is 1. The van der Waals surface area contributed by atoms with Crippen LogP contribution in [0.2, 0.25) is 0 Å². The molecule has 0 spiro atoms. The maximum absolute atomic E-state index is 13.6. The van der Waals surface area contributed by atoms with Crippen molar-refractivity contribution >= 4 is 17.5 Å². The van der Waals surface area contributed by atoms with Gasteiger partial charge in [-0.25, -0.2) is 14.4 Å². The van der Waals surface area contributed by atoms with Crippen LogP contribution in [0.4, 0.5) is 16.0 Å². The van der Waals surface area contributed by atoms with E-state index >= 15 is 0 Å². The summed E-state index contributed by atoms with van der Waals surface area (Å²) >= 11 is 0. The standard InChI is InChI=1S/C17H19FN4O2/c1-11-3-4-13(9-15(11)18)21-16(23)14-10-19-17(20-12(14)2)22-5-7-24-8-6-22/h3-4,9-10H,5-8H2,1-2H3,(H,21,23). The molecule has 0 unspecified atom stereocenters. The molecule has 0 bridgehead atoms. The van der Waals surface area contributed by atoms with Gasteiger partial charge in [0.1, 0.15) is 5.82 Å². The van der Waals surface area contributed by atoms with Gasteiger partial charge < -0.3 is 15.0 Å². The number of aromatic nitrogens is 2. The molecule has 7 heteroatoms. The minimum Gasteiger partial charge on any atom is -0.378 e. The molecule has 24 heavy (non-hydrogen) atoms. The summed E-state index contributed by atoms with van der Waals surface area (Å²) in [6.07, 6.45) is 1.51. The lowest BCUT2D eigenvalue weighted by atomic mass is 10.2. The average molecular weight is 330 g/mol. The molecule has 1 aliphatic rings. The van der Waals surface area contributed by atoms with Crippen LogP contribution in [0.3, 0.4) is 0 Å². The first-order chi connectivity index (χ1) is 11.5. The van der Waals surface area contributed by atoms with Crippen LogP contribution in [-0.2, 0) is 4.74 Å². The number of amides is 1. The first-order valence-electron chi connectivity index (χ1n) is 7.78. The van der Waals surface area contributed by atoms with Gasteiger partial charge in [-0.2, -0.15) is 0 Å². The minimum absolute atomic E-state index is 0.357. The molecular weight excluding hydrogens is 311 g/mol. The number of carbonyl (C=O) groups excluding carboxylic acids is 1. The van der Waals surface area contributed by atoms with Crippen molar-refractivity contribution in [3.05, 3.63) is 47.0 Å². The van der Waals surface area contributed by atoms with Gasteiger partial charge in [0.25, 0.3) is 5.91 Å². The SMILES string of the molecule is Cc1ccc(NC(=O)c2cnc(N3CCOCC3)nc2C)cc1F. The lowest BCUT2D eigenvalue weighted by Gasteiger charge is -2.27. The van der Waals surface area contributed by atoms with Gasteiger partial charge in [0.2, 0.25) is 5.95 Å². The van der Waals surface area contributed by atoms with Crippen molar-refractivity contribution in [3.8, 4) is 0 Å². The first kappa shape index (κ1) is 16.3. The van der Waals surface area contributed by atoms with Gasteiger partial charge in [-0.3, -0.25) is 4.79 Å². The highest BCUT2D eigenvalue weighted by Crippen LogP contribution is 2.17. The third-order valence-corrected chi connectivity index (χ3v) is 3.93. The Morgan fingerprint density at radius 1 is 1.29 bits per heavy atom. The number of hydrogen-bond donors (Lipinski definition) is 1. The van der Waals surface area contributed by atoms with E-state index < -0.39 is 0 Å². The number of ether oxygens (including phenoxy) is 1. The zero-order valence-electron chi connectivity index (χ0n) is 13.7. The van der Waals surface area contributed by atoms with E-state index in [4.69, 9.17) is 4.74 Å². The van der Waals surface area contributed by atoms with Crippen LogP contribution >= 0.6 is 0 Å². The molecule has 3 rings (SSSR count). The van der Waals surface area contributed by atoms with E-state index in [1.807, 2.05) is 4.90 Å². The molecule has 1 amide bonds. The Hall–Kier alpha value is -2.54. The van der Waals surface area contributed by atoms with E-state index in [0.717, 1.165) is 13.1 Å². The Morgan fingerprint density at radius 2 is 2.04 bits per heavy atom. The molecule has 0 atom stereocenters. The molecule has 2 heterocycles. The number of benzene rings is 1. The van der Waals surface area contributed by atoms with E-state index in [0.29, 0.717) is 41.7 Å². The van der Waals surface area contributed by atoms with Crippen molar-refractivity contribution in [3.63, 3.8) is 0 Å². The molecule has 6 nitrogen and oxygen atoms in total. The monoisotopic (exact) mass is 330 g/mol. The molecule has 1 aromatic carbocycles. The lowest BCUT2D eigenvalue weighted by Crippen LogP contribution is -2.37. The molecule has 1 saturated heterocycles. The normalized spacial score (nSPS) is 14.5. The number of aryl methyl sites for hydroxylation is 2. The fourth-order valence-corrected chi connectivity index (χ4v) is 2.46. The third-order valence-electron chi connectivity index (χ3n) is 3.93. The van der Waals surface area contributed by atoms with Gasteiger partial charge in [0.15, 0.2) is 0 Å². The molecule has 0 saturated carbocycles. The zero-order chi connectivity index (χ0) is 17.1. The second-order valence-corrected chi connectivity index (χ2v) is 5.69. The largest absolute Gasteiger partial charge is 0.378 e. The molecule has 0 radical (unpaired) electrons. The third kappa shape index (κ3) is 3.51. The van der Waals surface area contributed by atoms with Crippen molar-refractivity contribution in [1.29, 1.82) is 0 Å². The van der Waals surface area contributed by atoms with Gasteiger partial charge in [0.05, 0.1) is 24.5 Å². The van der Waals surface area contributed by atoms with Crippen molar-refractivity contribution in [2.24, 2.45) is 0 Å². The topological polar surface area (TPSA) is 67.4 Å². The number of hydrogen-bond acceptors (Lipinski definition) is 5. The Bertz CT molecular complexity index is 760. The van der Waals surface area contributed by atoms with Gasteiger partial charge in [-0.1, -0.05) is 6.07 Å². The summed E-state index contributed by atoms with van der Waals surface area (Å²) in [4.78, 5) is 23.1. The fourth-order valence-electron chi connectivity index (χ4n) is 2.46. The highest BCUT2D eigenvalue weighted by atomic mass is 19.1. The highest BCUT2D eigenvalue weighted by molar-refractivity contribution is 6.04. The van der Waals surface area contributed by atoms with Gasteiger partial charge in [-0.15, -0.1) is 0 Å².